The molecule has 0 saturated heterocycles. The first kappa shape index (κ1) is 76.7. The second-order valence-electron chi connectivity index (χ2n) is 22.9. The monoisotopic (exact) mass is 1320 g/mol. The number of anilines is 2. The van der Waals surface area contributed by atoms with E-state index in [0.29, 0.717) is 32.6 Å². The van der Waals surface area contributed by atoms with Gasteiger partial charge in [0.2, 0.25) is 18.1 Å². The molecular weight excluding hydrogens is 1240 g/mol. The molecule has 0 bridgehead atoms. The average molecular weight is 1320 g/mol. The molecule has 4 aliphatic heterocycles. The number of carboxylic acid groups (broad SMARTS) is 1. The number of hydrogen-bond acceptors (Lipinski definition) is 18. The van der Waals surface area contributed by atoms with Gasteiger partial charge in [0, 0.05) is 115 Å². The van der Waals surface area contributed by atoms with Crippen LogP contribution in [0.5, 0.6) is 11.5 Å². The van der Waals surface area contributed by atoms with E-state index in [2.05, 4.69) is 16.4 Å². The number of carbonyl (C=O) groups is 15. The van der Waals surface area contributed by atoms with Gasteiger partial charge in [-0.1, -0.05) is 46.7 Å². The van der Waals surface area contributed by atoms with Gasteiger partial charge in [-0.25, -0.2) is 0 Å². The maximum Gasteiger partial charge on any atom is 0.446 e. The lowest BCUT2D eigenvalue weighted by atomic mass is 9.91. The third-order valence-corrected chi connectivity index (χ3v) is 13.7. The van der Waals surface area contributed by atoms with Crippen LogP contribution in [0.3, 0.4) is 0 Å². The van der Waals surface area contributed by atoms with Gasteiger partial charge >= 0.3 is 30.1 Å². The lowest BCUT2D eigenvalue weighted by Gasteiger charge is -2.23. The molecule has 26 nitrogen and oxygen atoms in total. The normalized spacial score (nSPS) is 15.5. The van der Waals surface area contributed by atoms with Crippen LogP contribution < -0.4 is 25.8 Å². The summed E-state index contributed by atoms with van der Waals surface area (Å²) in [6.07, 6.45) is 6.23. The molecule has 510 valence electrons. The van der Waals surface area contributed by atoms with E-state index in [4.69, 9.17) is 20.4 Å². The summed E-state index contributed by atoms with van der Waals surface area (Å²) in [6.45, 7) is 13.5. The summed E-state index contributed by atoms with van der Waals surface area (Å²) in [7, 11) is 0. The van der Waals surface area contributed by atoms with Crippen molar-refractivity contribution in [2.75, 3.05) is 36.8 Å². The number of nitrogens with one attached hydrogen (secondary N) is 2. The molecule has 0 aromatic heterocycles. The van der Waals surface area contributed by atoms with E-state index in [1.807, 2.05) is 34.6 Å². The van der Waals surface area contributed by atoms with E-state index in [1.165, 1.54) is 42.5 Å². The van der Waals surface area contributed by atoms with E-state index in [-0.39, 0.29) is 124 Å². The summed E-state index contributed by atoms with van der Waals surface area (Å²) in [5, 5.41) is 14.7. The number of nitrogens with zero attached hydrogens (tertiary/aromatic N) is 4. The first-order valence-corrected chi connectivity index (χ1v) is 30.1. The second kappa shape index (κ2) is 37.6. The Balaban J connectivity index is 0.000000440. The van der Waals surface area contributed by atoms with E-state index < -0.39 is 101 Å². The van der Waals surface area contributed by atoms with Gasteiger partial charge in [-0.2, -0.15) is 13.2 Å². The van der Waals surface area contributed by atoms with Crippen LogP contribution >= 0.6 is 0 Å². The second-order valence-corrected chi connectivity index (χ2v) is 22.9. The summed E-state index contributed by atoms with van der Waals surface area (Å²) in [4.78, 5) is 181. The van der Waals surface area contributed by atoms with Crippen molar-refractivity contribution in [1.29, 1.82) is 0 Å². The number of halogens is 3. The minimum atomic E-state index is -4.64. The molecule has 2 aromatic carbocycles. The van der Waals surface area contributed by atoms with Gasteiger partial charge in [0.15, 0.2) is 11.5 Å². The average Bonchev–Trinajstić information content (AvgIpc) is 1.90. The van der Waals surface area contributed by atoms with Crippen molar-refractivity contribution < 1.29 is 112 Å². The number of alkyl halides is 3. The maximum absolute atomic E-state index is 12.9. The number of rotatable bonds is 30. The van der Waals surface area contributed by atoms with Crippen LogP contribution in [-0.4, -0.2) is 158 Å². The number of imide groups is 4. The van der Waals surface area contributed by atoms with Crippen molar-refractivity contribution >= 4 is 101 Å². The number of quaternary nitrogens is 1. The van der Waals surface area contributed by atoms with Crippen LogP contribution in [0.4, 0.5) is 24.5 Å². The molecule has 0 fully saturated rings. The van der Waals surface area contributed by atoms with Crippen molar-refractivity contribution in [2.45, 2.75) is 150 Å². The first-order valence-electron chi connectivity index (χ1n) is 30.8. The van der Waals surface area contributed by atoms with Crippen LogP contribution in [0.2, 0.25) is 0 Å². The van der Waals surface area contributed by atoms with Gasteiger partial charge in [-0.3, -0.25) is 91.5 Å². The lowest BCUT2D eigenvalue weighted by Crippen LogP contribution is -2.62. The molecule has 29 heteroatoms. The third kappa shape index (κ3) is 27.6. The Morgan fingerprint density at radius 1 is 0.564 bits per heavy atom. The standard InChI is InChI=1S/C33H41N3O9.C28H32N4O9.C2HF3O.C2H6/c1-21(18-22(2)32(43)45-33(3,4)5)19-23-10-11-25(44-31(42)9-7-17-36-29(40)14-15-30(36)41)24(20-23)34-26(37)8-6-16-35-27(38)12-13-28(35)39;1-17(28(39)40)14-19(29)15-18-6-7-21(41-27(38)5-3-13-32-25(36)10-11-26(32)37)20(16-18)30-22(33)4-2-12-31-23(34)8-9-24(31)35;3-2(4,5)1-6;1-2/h10-15,20-22H,6-9,16-19H2,1-5H3,(H,34,37);6-11,16-17,19H,2-5,12-15,29H2,1H3,(H,30,33)(H,39,40);1H;1-2H3/p+1/t21-,22?;17?,19-;;/m11../s1/i;;;1D. The van der Waals surface area contributed by atoms with E-state index in [9.17, 15) is 85.4 Å². The molecule has 94 heavy (non-hydrogen) atoms. The van der Waals surface area contributed by atoms with E-state index >= 15 is 0 Å². The summed E-state index contributed by atoms with van der Waals surface area (Å²) in [6, 6.07) is 9.66. The Labute approximate surface area is 542 Å². The van der Waals surface area contributed by atoms with Gasteiger partial charge in [0.25, 0.3) is 47.3 Å². The van der Waals surface area contributed by atoms with Gasteiger partial charge in [-0.05, 0) is 101 Å². The summed E-state index contributed by atoms with van der Waals surface area (Å²) < 4.78 is 54.0. The maximum atomic E-state index is 12.9. The zero-order valence-electron chi connectivity index (χ0n) is 54.4. The summed E-state index contributed by atoms with van der Waals surface area (Å²) in [5.41, 5.74) is 5.50. The number of hydrogen-bond donors (Lipinski definition) is 4. The molecule has 10 amide bonds. The number of ether oxygens (including phenoxy) is 3. The number of aldehydes is 1. The highest BCUT2D eigenvalue weighted by Crippen LogP contribution is 2.31. The van der Waals surface area contributed by atoms with Crippen LogP contribution in [0.15, 0.2) is 85.0 Å². The fourth-order valence-electron chi connectivity index (χ4n) is 9.32. The number of carboxylic acids is 1. The lowest BCUT2D eigenvalue weighted by molar-refractivity contribution is -0.422. The Bertz CT molecular complexity index is 3250. The van der Waals surface area contributed by atoms with Crippen molar-refractivity contribution in [1.82, 2.24) is 19.6 Å². The number of amides is 10. The minimum Gasteiger partial charge on any atom is -0.481 e. The third-order valence-electron chi connectivity index (χ3n) is 13.7. The highest BCUT2D eigenvalue weighted by atomic mass is 19.4. The molecule has 0 saturated carbocycles. The number of benzene rings is 2. The van der Waals surface area contributed by atoms with Crippen LogP contribution in [0.25, 0.3) is 0 Å². The Kier molecular flexibility index (Phi) is 30.7. The smallest absolute Gasteiger partial charge is 0.446 e. The van der Waals surface area contributed by atoms with Crippen molar-refractivity contribution in [3.05, 3.63) is 96.1 Å². The van der Waals surface area contributed by atoms with Crippen LogP contribution in [-0.2, 0) is 89.5 Å². The molecule has 6 N–H and O–H groups in total. The topological polar surface area (TPSA) is 369 Å². The van der Waals surface area contributed by atoms with Crippen LogP contribution in [0.1, 0.15) is 132 Å². The van der Waals surface area contributed by atoms with Gasteiger partial charge in [0.05, 0.1) is 29.3 Å². The zero-order valence-corrected chi connectivity index (χ0v) is 53.4. The molecule has 2 aromatic rings. The summed E-state index contributed by atoms with van der Waals surface area (Å²) >= 11 is 0. The SMILES string of the molecule is CC(C[C@@H](C)Cc1ccc(OC(=O)CCCN2C(=O)C=CC2=O)c(NC(=O)CCCN2C(=O)C=CC2=O)c1)C(=O)OC(C)(C)C.CC(C[C@@H]([NH3+])Cc1ccc(OC(=O)CCCN2C(=O)C=CC2=O)c(NC(=O)CCCN2C(=O)C=CC2=O)c1)C(=O)O.O=CC(F)(F)F.[2H]CC. The minimum absolute atomic E-state index is 0.00437. The highest BCUT2D eigenvalue weighted by molar-refractivity contribution is 6.14. The van der Waals surface area contributed by atoms with Gasteiger partial charge in [0.1, 0.15) is 5.60 Å². The molecule has 6 rings (SSSR count). The largest absolute Gasteiger partial charge is 0.481 e. The van der Waals surface area contributed by atoms with E-state index in [1.54, 1.807) is 44.2 Å². The van der Waals surface area contributed by atoms with Crippen molar-refractivity contribution in [2.24, 2.45) is 17.8 Å². The Hall–Kier alpha value is -9.80. The van der Waals surface area contributed by atoms with Crippen molar-refractivity contribution in [3.63, 3.8) is 0 Å². The number of esters is 3. The fourth-order valence-corrected chi connectivity index (χ4v) is 9.32. The van der Waals surface area contributed by atoms with Gasteiger partial charge in [-0.15, -0.1) is 0 Å². The zero-order chi connectivity index (χ0) is 71.3. The Morgan fingerprint density at radius 3 is 1.19 bits per heavy atom. The highest BCUT2D eigenvalue weighted by Gasteiger charge is 2.29. The predicted octanol–water partition coefficient (Wildman–Crippen LogP) is 5.47. The van der Waals surface area contributed by atoms with Gasteiger partial charge < -0.3 is 35.7 Å². The summed E-state index contributed by atoms with van der Waals surface area (Å²) in [5.74, 6) is -7.36. The van der Waals surface area contributed by atoms with E-state index in [0.717, 1.165) is 42.9 Å². The molecule has 4 atom stereocenters. The first-order chi connectivity index (χ1) is 44.5. The fraction of sp³-hybridized carbons (Fsp3) is 0.462. The number of carbonyl (C=O) groups excluding carboxylic acids is 14. The molecule has 0 spiro atoms. The predicted molar refractivity (Wildman–Crippen MR) is 330 cm³/mol. The molecule has 2 unspecified atom stereocenters. The quantitative estimate of drug-likeness (QED) is 0.0326. The van der Waals surface area contributed by atoms with Crippen LogP contribution in [0, 0.1) is 17.8 Å². The Morgan fingerprint density at radius 2 is 0.883 bits per heavy atom. The molecule has 0 aliphatic carbocycles. The number of aliphatic carboxylic acids is 1. The molecule has 4 aliphatic rings. The molecular formula is C65H81F3N7O19+. The molecule has 4 heterocycles. The molecule has 0 radical (unpaired) electrons. The van der Waals surface area contributed by atoms with Crippen molar-refractivity contribution in [3.8, 4) is 11.5 Å².